The highest BCUT2D eigenvalue weighted by atomic mass is 32.2. The number of benzene rings is 2. The topological polar surface area (TPSA) is 39.2 Å². The van der Waals surface area contributed by atoms with Crippen molar-refractivity contribution in [2.24, 2.45) is 0 Å². The number of rotatable bonds is 4. The van der Waals surface area contributed by atoms with E-state index in [1.165, 1.54) is 0 Å². The molecule has 106 valence electrons. The van der Waals surface area contributed by atoms with Gasteiger partial charge in [0.2, 0.25) is 0 Å². The summed E-state index contributed by atoms with van der Waals surface area (Å²) in [5, 5.41) is 0.892. The van der Waals surface area contributed by atoms with Crippen LogP contribution in [0, 0.1) is 0 Å². The molecule has 0 aliphatic carbocycles. The van der Waals surface area contributed by atoms with Gasteiger partial charge in [-0.2, -0.15) is 0 Å². The van der Waals surface area contributed by atoms with Gasteiger partial charge in [-0.3, -0.25) is 4.98 Å². The molecule has 0 saturated carbocycles. The standard InChI is InChI=1S/C17H15NO2S/c1-2-20-13-8-9-15-16(12-13)18-11-10-17(15)21(19)14-6-4-3-5-7-14/h3-12H,2H2,1H3. The highest BCUT2D eigenvalue weighted by molar-refractivity contribution is 7.85. The summed E-state index contributed by atoms with van der Waals surface area (Å²) >= 11 is 0. The third kappa shape index (κ3) is 2.81. The fraction of sp³-hybridized carbons (Fsp3) is 0.118. The van der Waals surface area contributed by atoms with E-state index in [0.717, 1.165) is 26.4 Å². The predicted molar refractivity (Wildman–Crippen MR) is 84.0 cm³/mol. The Morgan fingerprint density at radius 1 is 1.10 bits per heavy atom. The molecular formula is C17H15NO2S. The van der Waals surface area contributed by atoms with Crippen molar-refractivity contribution in [2.75, 3.05) is 6.61 Å². The van der Waals surface area contributed by atoms with Crippen LogP contribution in [0.1, 0.15) is 6.92 Å². The van der Waals surface area contributed by atoms with Crippen molar-refractivity contribution in [1.82, 2.24) is 4.98 Å². The van der Waals surface area contributed by atoms with Crippen LogP contribution in [0.5, 0.6) is 5.75 Å². The van der Waals surface area contributed by atoms with Crippen LogP contribution in [0.4, 0.5) is 0 Å². The molecule has 3 rings (SSSR count). The third-order valence-corrected chi connectivity index (χ3v) is 4.60. The van der Waals surface area contributed by atoms with Crippen molar-refractivity contribution < 1.29 is 8.95 Å². The summed E-state index contributed by atoms with van der Waals surface area (Å²) in [6, 6.07) is 16.9. The van der Waals surface area contributed by atoms with E-state index in [1.54, 1.807) is 6.20 Å². The highest BCUT2D eigenvalue weighted by Gasteiger charge is 2.11. The molecule has 4 heteroatoms. The molecule has 0 radical (unpaired) electrons. The lowest BCUT2D eigenvalue weighted by Gasteiger charge is -2.08. The second kappa shape index (κ2) is 6.06. The first-order valence-corrected chi connectivity index (χ1v) is 7.93. The van der Waals surface area contributed by atoms with E-state index in [4.69, 9.17) is 4.74 Å². The summed E-state index contributed by atoms with van der Waals surface area (Å²) in [6.07, 6.45) is 1.69. The van der Waals surface area contributed by atoms with Gasteiger partial charge < -0.3 is 4.74 Å². The molecule has 1 unspecified atom stereocenters. The van der Waals surface area contributed by atoms with Crippen molar-refractivity contribution in [3.05, 3.63) is 60.8 Å². The second-order valence-electron chi connectivity index (χ2n) is 4.50. The van der Waals surface area contributed by atoms with Gasteiger partial charge in [-0.15, -0.1) is 0 Å². The lowest BCUT2D eigenvalue weighted by atomic mass is 10.2. The summed E-state index contributed by atoms with van der Waals surface area (Å²) < 4.78 is 18.2. The maximum absolute atomic E-state index is 12.7. The molecule has 0 saturated heterocycles. The van der Waals surface area contributed by atoms with Gasteiger partial charge in [0.05, 0.1) is 27.8 Å². The average Bonchev–Trinajstić information content (AvgIpc) is 2.54. The van der Waals surface area contributed by atoms with E-state index in [2.05, 4.69) is 4.98 Å². The van der Waals surface area contributed by atoms with Crippen LogP contribution in [-0.4, -0.2) is 15.8 Å². The van der Waals surface area contributed by atoms with Crippen molar-refractivity contribution >= 4 is 21.7 Å². The van der Waals surface area contributed by atoms with Crippen LogP contribution in [0.25, 0.3) is 10.9 Å². The number of aromatic nitrogens is 1. The molecule has 1 heterocycles. The van der Waals surface area contributed by atoms with Crippen LogP contribution < -0.4 is 4.74 Å². The molecule has 0 bridgehead atoms. The molecule has 0 amide bonds. The summed E-state index contributed by atoms with van der Waals surface area (Å²) in [4.78, 5) is 5.91. The normalized spacial score (nSPS) is 12.2. The van der Waals surface area contributed by atoms with Gasteiger partial charge in [0.1, 0.15) is 5.75 Å². The zero-order valence-electron chi connectivity index (χ0n) is 11.7. The van der Waals surface area contributed by atoms with Gasteiger partial charge in [0.15, 0.2) is 0 Å². The number of nitrogens with zero attached hydrogens (tertiary/aromatic N) is 1. The van der Waals surface area contributed by atoms with E-state index in [0.29, 0.717) is 6.61 Å². The lowest BCUT2D eigenvalue weighted by molar-refractivity contribution is 0.340. The Labute approximate surface area is 126 Å². The molecule has 3 nitrogen and oxygen atoms in total. The molecule has 1 atom stereocenters. The summed E-state index contributed by atoms with van der Waals surface area (Å²) in [6.45, 7) is 2.56. The minimum Gasteiger partial charge on any atom is -0.494 e. The molecule has 0 N–H and O–H groups in total. The zero-order valence-corrected chi connectivity index (χ0v) is 12.5. The molecular weight excluding hydrogens is 282 g/mol. The van der Waals surface area contributed by atoms with E-state index < -0.39 is 10.8 Å². The largest absolute Gasteiger partial charge is 0.494 e. The van der Waals surface area contributed by atoms with Crippen molar-refractivity contribution in [2.45, 2.75) is 16.7 Å². The molecule has 0 fully saturated rings. The van der Waals surface area contributed by atoms with Gasteiger partial charge in [-0.25, -0.2) is 4.21 Å². The quantitative estimate of drug-likeness (QED) is 0.735. The minimum absolute atomic E-state index is 0.612. The molecule has 2 aromatic carbocycles. The van der Waals surface area contributed by atoms with Gasteiger partial charge in [0, 0.05) is 22.5 Å². The Balaban J connectivity index is 2.09. The first kappa shape index (κ1) is 13.8. The average molecular weight is 297 g/mol. The van der Waals surface area contributed by atoms with Crippen LogP contribution in [0.2, 0.25) is 0 Å². The Bertz CT molecular complexity index is 787. The summed E-state index contributed by atoms with van der Waals surface area (Å²) in [5.41, 5.74) is 0.794. The van der Waals surface area contributed by atoms with E-state index in [1.807, 2.05) is 61.5 Å². The van der Waals surface area contributed by atoms with Crippen LogP contribution in [0.3, 0.4) is 0 Å². The molecule has 21 heavy (non-hydrogen) atoms. The first-order valence-electron chi connectivity index (χ1n) is 6.78. The van der Waals surface area contributed by atoms with Gasteiger partial charge in [-0.05, 0) is 37.3 Å². The Morgan fingerprint density at radius 2 is 1.90 bits per heavy atom. The van der Waals surface area contributed by atoms with Crippen LogP contribution in [-0.2, 0) is 10.8 Å². The Kier molecular flexibility index (Phi) is 3.97. The molecule has 3 aromatic rings. The van der Waals surface area contributed by atoms with E-state index in [-0.39, 0.29) is 0 Å². The summed E-state index contributed by atoms with van der Waals surface area (Å²) in [7, 11) is -1.21. The number of hydrogen-bond acceptors (Lipinski definition) is 3. The third-order valence-electron chi connectivity index (χ3n) is 3.14. The first-order chi connectivity index (χ1) is 10.3. The second-order valence-corrected chi connectivity index (χ2v) is 5.95. The Morgan fingerprint density at radius 3 is 2.67 bits per heavy atom. The lowest BCUT2D eigenvalue weighted by Crippen LogP contribution is -1.96. The molecule has 0 aliphatic rings. The molecule has 0 spiro atoms. The van der Waals surface area contributed by atoms with Crippen LogP contribution in [0.15, 0.2) is 70.6 Å². The number of ether oxygens (including phenoxy) is 1. The maximum atomic E-state index is 12.7. The number of fused-ring (bicyclic) bond motifs is 1. The zero-order chi connectivity index (χ0) is 14.7. The minimum atomic E-state index is -1.21. The van der Waals surface area contributed by atoms with Gasteiger partial charge in [0.25, 0.3) is 0 Å². The number of pyridine rings is 1. The monoisotopic (exact) mass is 297 g/mol. The fourth-order valence-electron chi connectivity index (χ4n) is 2.19. The number of hydrogen-bond donors (Lipinski definition) is 0. The van der Waals surface area contributed by atoms with E-state index in [9.17, 15) is 4.21 Å². The molecule has 1 aromatic heterocycles. The summed E-state index contributed by atoms with van der Waals surface area (Å²) in [5.74, 6) is 0.778. The van der Waals surface area contributed by atoms with Crippen molar-refractivity contribution in [1.29, 1.82) is 0 Å². The van der Waals surface area contributed by atoms with Crippen molar-refractivity contribution in [3.63, 3.8) is 0 Å². The van der Waals surface area contributed by atoms with Crippen molar-refractivity contribution in [3.8, 4) is 5.75 Å². The van der Waals surface area contributed by atoms with Gasteiger partial charge in [-0.1, -0.05) is 18.2 Å². The maximum Gasteiger partial charge on any atom is 0.121 e. The fourth-order valence-corrected chi connectivity index (χ4v) is 3.41. The molecule has 0 aliphatic heterocycles. The van der Waals surface area contributed by atoms with Gasteiger partial charge >= 0.3 is 0 Å². The smallest absolute Gasteiger partial charge is 0.121 e. The van der Waals surface area contributed by atoms with E-state index >= 15 is 0 Å². The SMILES string of the molecule is CCOc1ccc2c(S(=O)c3ccccc3)ccnc2c1. The Hall–Kier alpha value is -2.20. The highest BCUT2D eigenvalue weighted by Crippen LogP contribution is 2.26. The van der Waals surface area contributed by atoms with Crippen LogP contribution >= 0.6 is 0 Å². The predicted octanol–water partition coefficient (Wildman–Crippen LogP) is 3.80.